The average Bonchev–Trinajstić information content (AvgIpc) is 2.38. The van der Waals surface area contributed by atoms with Crippen LogP contribution in [0.3, 0.4) is 0 Å². The molecule has 1 heterocycles. The van der Waals surface area contributed by atoms with E-state index in [4.69, 9.17) is 0 Å². The highest BCUT2D eigenvalue weighted by molar-refractivity contribution is 5.75. The molecule has 0 unspecified atom stereocenters. The van der Waals surface area contributed by atoms with Crippen LogP contribution in [0.4, 0.5) is 0 Å². The van der Waals surface area contributed by atoms with Gasteiger partial charge in [-0.1, -0.05) is 17.7 Å². The molecule has 1 aromatic carbocycles. The fourth-order valence-electron chi connectivity index (χ4n) is 2.18. The second-order valence-corrected chi connectivity index (χ2v) is 5.33. The van der Waals surface area contributed by atoms with E-state index in [0.717, 1.165) is 22.8 Å². The van der Waals surface area contributed by atoms with Crippen molar-refractivity contribution in [2.45, 2.75) is 40.5 Å². The lowest BCUT2D eigenvalue weighted by Crippen LogP contribution is -2.03. The summed E-state index contributed by atoms with van der Waals surface area (Å²) in [6, 6.07) is 8.35. The number of Topliss-reactive ketones (excluding diaryl/α,β-unsaturated/α-hetero) is 1. The average molecular weight is 268 g/mol. The Kier molecular flexibility index (Phi) is 4.28. The van der Waals surface area contributed by atoms with Crippen molar-refractivity contribution in [3.63, 3.8) is 0 Å². The molecule has 104 valence electrons. The summed E-state index contributed by atoms with van der Waals surface area (Å²) < 4.78 is 0. The first-order chi connectivity index (χ1) is 9.45. The Morgan fingerprint density at radius 3 is 2.55 bits per heavy atom. The van der Waals surface area contributed by atoms with Gasteiger partial charge in [-0.3, -0.25) is 0 Å². The van der Waals surface area contributed by atoms with Gasteiger partial charge in [0.25, 0.3) is 0 Å². The molecule has 0 atom stereocenters. The van der Waals surface area contributed by atoms with E-state index in [9.17, 15) is 4.79 Å². The Balaban J connectivity index is 2.41. The predicted octanol–water partition coefficient (Wildman–Crippen LogP) is 3.59. The first kappa shape index (κ1) is 14.4. The summed E-state index contributed by atoms with van der Waals surface area (Å²) in [5.74, 6) is 0.916. The molecule has 1 aromatic heterocycles. The summed E-state index contributed by atoms with van der Waals surface area (Å²) in [5, 5.41) is 0. The van der Waals surface area contributed by atoms with E-state index < -0.39 is 0 Å². The Morgan fingerprint density at radius 2 is 1.85 bits per heavy atom. The van der Waals surface area contributed by atoms with Gasteiger partial charge < -0.3 is 4.79 Å². The molecule has 0 aliphatic carbocycles. The van der Waals surface area contributed by atoms with Crippen LogP contribution in [-0.4, -0.2) is 15.8 Å². The van der Waals surface area contributed by atoms with Gasteiger partial charge in [-0.15, -0.1) is 0 Å². The predicted molar refractivity (Wildman–Crippen MR) is 80.7 cm³/mol. The number of aryl methyl sites for hydroxylation is 4. The Labute approximate surface area is 120 Å². The topological polar surface area (TPSA) is 42.9 Å². The third kappa shape index (κ3) is 3.50. The molecule has 0 radical (unpaired) electrons. The van der Waals surface area contributed by atoms with Crippen LogP contribution in [0.15, 0.2) is 24.3 Å². The number of carbonyl (C=O) groups is 1. The summed E-state index contributed by atoms with van der Waals surface area (Å²) in [7, 11) is 0. The van der Waals surface area contributed by atoms with Crippen molar-refractivity contribution in [2.75, 3.05) is 0 Å². The van der Waals surface area contributed by atoms with Crippen LogP contribution in [0.1, 0.15) is 36.0 Å². The second kappa shape index (κ2) is 5.95. The quantitative estimate of drug-likeness (QED) is 0.851. The van der Waals surface area contributed by atoms with E-state index in [-0.39, 0.29) is 5.78 Å². The first-order valence-corrected chi connectivity index (χ1v) is 6.87. The van der Waals surface area contributed by atoms with Gasteiger partial charge in [0.1, 0.15) is 11.6 Å². The maximum atomic E-state index is 11.1. The van der Waals surface area contributed by atoms with Gasteiger partial charge in [-0.2, -0.15) is 0 Å². The zero-order chi connectivity index (χ0) is 14.7. The zero-order valence-electron chi connectivity index (χ0n) is 12.5. The molecule has 3 heteroatoms. The third-order valence-electron chi connectivity index (χ3n) is 3.27. The maximum absolute atomic E-state index is 11.1. The van der Waals surface area contributed by atoms with E-state index in [1.807, 2.05) is 13.0 Å². The van der Waals surface area contributed by atoms with Gasteiger partial charge in [-0.25, -0.2) is 9.97 Å². The minimum Gasteiger partial charge on any atom is -0.300 e. The number of hydrogen-bond donors (Lipinski definition) is 0. The fraction of sp³-hybridized carbons (Fsp3) is 0.353. The number of carbonyl (C=O) groups excluding carboxylic acids is 1. The largest absolute Gasteiger partial charge is 0.300 e. The second-order valence-electron chi connectivity index (χ2n) is 5.33. The molecule has 3 nitrogen and oxygen atoms in total. The van der Waals surface area contributed by atoms with Crippen LogP contribution < -0.4 is 0 Å². The van der Waals surface area contributed by atoms with Crippen LogP contribution in [0.5, 0.6) is 0 Å². The molecule has 0 saturated carbocycles. The van der Waals surface area contributed by atoms with Crippen LogP contribution in [0.2, 0.25) is 0 Å². The standard InChI is InChI=1S/C17H20N2O/c1-11-5-6-12(2)15(9-11)16-10-13(3)18-17(19-16)8-7-14(4)20/h5-6,9-10H,7-8H2,1-4H3. The van der Waals surface area contributed by atoms with Crippen LogP contribution in [-0.2, 0) is 11.2 Å². The molecule has 2 rings (SSSR count). The number of benzene rings is 1. The van der Waals surface area contributed by atoms with Crippen LogP contribution >= 0.6 is 0 Å². The number of ketones is 1. The van der Waals surface area contributed by atoms with E-state index in [1.54, 1.807) is 6.92 Å². The highest BCUT2D eigenvalue weighted by Crippen LogP contribution is 2.23. The molecule has 0 aliphatic heterocycles. The summed E-state index contributed by atoms with van der Waals surface area (Å²) in [5.41, 5.74) is 5.43. The molecule has 0 spiro atoms. The van der Waals surface area contributed by atoms with E-state index in [2.05, 4.69) is 42.0 Å². The molecular formula is C17H20N2O. The van der Waals surface area contributed by atoms with Crippen molar-refractivity contribution in [2.24, 2.45) is 0 Å². The smallest absolute Gasteiger partial charge is 0.130 e. The van der Waals surface area contributed by atoms with Crippen LogP contribution in [0.25, 0.3) is 11.3 Å². The summed E-state index contributed by atoms with van der Waals surface area (Å²) >= 11 is 0. The van der Waals surface area contributed by atoms with Crippen molar-refractivity contribution in [1.29, 1.82) is 0 Å². The first-order valence-electron chi connectivity index (χ1n) is 6.87. The van der Waals surface area contributed by atoms with Gasteiger partial charge >= 0.3 is 0 Å². The summed E-state index contributed by atoms with van der Waals surface area (Å²) in [6.45, 7) is 7.73. The zero-order valence-corrected chi connectivity index (χ0v) is 12.5. The molecule has 0 aliphatic rings. The lowest BCUT2D eigenvalue weighted by Gasteiger charge is -2.09. The number of nitrogens with zero attached hydrogens (tertiary/aromatic N) is 2. The molecule has 2 aromatic rings. The van der Waals surface area contributed by atoms with Crippen molar-refractivity contribution in [1.82, 2.24) is 9.97 Å². The van der Waals surface area contributed by atoms with Gasteiger partial charge in [0, 0.05) is 24.1 Å². The van der Waals surface area contributed by atoms with Gasteiger partial charge in [0.15, 0.2) is 0 Å². The van der Waals surface area contributed by atoms with Gasteiger partial charge in [0.05, 0.1) is 5.69 Å². The Bertz CT molecular complexity index is 647. The monoisotopic (exact) mass is 268 g/mol. The normalized spacial score (nSPS) is 10.6. The highest BCUT2D eigenvalue weighted by Gasteiger charge is 2.08. The number of aromatic nitrogens is 2. The van der Waals surface area contributed by atoms with Crippen molar-refractivity contribution >= 4 is 5.78 Å². The number of hydrogen-bond acceptors (Lipinski definition) is 3. The molecule has 0 fully saturated rings. The Hall–Kier alpha value is -2.03. The molecular weight excluding hydrogens is 248 g/mol. The van der Waals surface area contributed by atoms with Crippen molar-refractivity contribution in [3.8, 4) is 11.3 Å². The lowest BCUT2D eigenvalue weighted by molar-refractivity contribution is -0.117. The minimum absolute atomic E-state index is 0.170. The molecule has 20 heavy (non-hydrogen) atoms. The van der Waals surface area contributed by atoms with Crippen molar-refractivity contribution in [3.05, 3.63) is 46.9 Å². The minimum atomic E-state index is 0.170. The molecule has 0 bridgehead atoms. The SMILES string of the molecule is CC(=O)CCc1nc(C)cc(-c2cc(C)ccc2C)n1. The van der Waals surface area contributed by atoms with E-state index in [1.165, 1.54) is 11.1 Å². The lowest BCUT2D eigenvalue weighted by atomic mass is 10.0. The van der Waals surface area contributed by atoms with E-state index >= 15 is 0 Å². The summed E-state index contributed by atoms with van der Waals surface area (Å²) in [6.07, 6.45) is 1.10. The van der Waals surface area contributed by atoms with Crippen molar-refractivity contribution < 1.29 is 4.79 Å². The highest BCUT2D eigenvalue weighted by atomic mass is 16.1. The molecule has 0 amide bonds. The fourth-order valence-corrected chi connectivity index (χ4v) is 2.18. The van der Waals surface area contributed by atoms with Crippen LogP contribution in [0, 0.1) is 20.8 Å². The number of rotatable bonds is 4. The summed E-state index contributed by atoms with van der Waals surface area (Å²) in [4.78, 5) is 20.1. The van der Waals surface area contributed by atoms with Gasteiger partial charge in [0.2, 0.25) is 0 Å². The van der Waals surface area contributed by atoms with E-state index in [0.29, 0.717) is 12.8 Å². The maximum Gasteiger partial charge on any atom is 0.130 e. The third-order valence-corrected chi connectivity index (χ3v) is 3.27. The Morgan fingerprint density at radius 1 is 1.10 bits per heavy atom. The molecule has 0 N–H and O–H groups in total. The molecule has 0 saturated heterocycles. The van der Waals surface area contributed by atoms with Gasteiger partial charge in [-0.05, 0) is 45.4 Å².